The SMILES string of the molecule is NC1CCN(S(=O)(=O)c2cc(Cl)c(Br)s2)c2ccccc21. The van der Waals surface area contributed by atoms with Crippen molar-refractivity contribution in [1.29, 1.82) is 0 Å². The van der Waals surface area contributed by atoms with E-state index in [9.17, 15) is 8.42 Å². The number of thiophene rings is 1. The largest absolute Gasteiger partial charge is 0.324 e. The molecule has 2 aromatic rings. The third-order valence-corrected chi connectivity index (χ3v) is 8.15. The van der Waals surface area contributed by atoms with Gasteiger partial charge in [-0.2, -0.15) is 0 Å². The summed E-state index contributed by atoms with van der Waals surface area (Å²) in [6.07, 6.45) is 0.594. The number of fused-ring (bicyclic) bond motifs is 1. The van der Waals surface area contributed by atoms with Crippen LogP contribution in [0.1, 0.15) is 18.0 Å². The van der Waals surface area contributed by atoms with Crippen LogP contribution in [0, 0.1) is 0 Å². The van der Waals surface area contributed by atoms with Crippen LogP contribution in [0.3, 0.4) is 0 Å². The summed E-state index contributed by atoms with van der Waals surface area (Å²) in [7, 11) is -3.62. The van der Waals surface area contributed by atoms with Crippen molar-refractivity contribution >= 4 is 54.6 Å². The van der Waals surface area contributed by atoms with Crippen LogP contribution in [0.5, 0.6) is 0 Å². The Morgan fingerprint density at radius 2 is 2.10 bits per heavy atom. The molecule has 0 radical (unpaired) electrons. The number of sulfonamides is 1. The highest BCUT2D eigenvalue weighted by Gasteiger charge is 2.33. The first-order valence-corrected chi connectivity index (χ1v) is 9.66. The zero-order chi connectivity index (χ0) is 15.2. The lowest BCUT2D eigenvalue weighted by Gasteiger charge is -2.33. The molecule has 8 heteroatoms. The smallest absolute Gasteiger partial charge is 0.273 e. The lowest BCUT2D eigenvalue weighted by Crippen LogP contribution is -2.37. The fraction of sp³-hybridized carbons (Fsp3) is 0.231. The summed E-state index contributed by atoms with van der Waals surface area (Å²) in [6.45, 7) is 0.369. The number of hydrogen-bond acceptors (Lipinski definition) is 4. The molecule has 1 aromatic carbocycles. The standard InChI is InChI=1S/C13H12BrClN2O2S2/c14-13-9(15)7-12(20-13)21(18,19)17-6-5-10(16)8-3-1-2-4-11(8)17/h1-4,7,10H,5-6,16H2. The fourth-order valence-corrected chi connectivity index (χ4v) is 6.39. The van der Waals surface area contributed by atoms with E-state index in [1.807, 2.05) is 18.2 Å². The molecule has 4 nitrogen and oxygen atoms in total. The number of nitrogens with two attached hydrogens (primary N) is 1. The second-order valence-electron chi connectivity index (χ2n) is 4.72. The Labute approximate surface area is 140 Å². The maximum Gasteiger partial charge on any atom is 0.273 e. The number of halogens is 2. The Kier molecular flexibility index (Phi) is 4.04. The molecule has 0 amide bonds. The van der Waals surface area contributed by atoms with Crippen LogP contribution in [0.4, 0.5) is 5.69 Å². The zero-order valence-electron chi connectivity index (χ0n) is 10.8. The number of nitrogens with zero attached hydrogens (tertiary/aromatic N) is 1. The van der Waals surface area contributed by atoms with Crippen LogP contribution < -0.4 is 10.0 Å². The summed E-state index contributed by atoms with van der Waals surface area (Å²) >= 11 is 10.3. The highest BCUT2D eigenvalue weighted by atomic mass is 79.9. The average molecular weight is 408 g/mol. The van der Waals surface area contributed by atoms with E-state index in [-0.39, 0.29) is 10.3 Å². The third kappa shape index (κ3) is 2.61. The fourth-order valence-electron chi connectivity index (χ4n) is 2.37. The van der Waals surface area contributed by atoms with Gasteiger partial charge in [-0.05, 0) is 40.0 Å². The van der Waals surface area contributed by atoms with Gasteiger partial charge in [0.2, 0.25) is 0 Å². The van der Waals surface area contributed by atoms with Crippen molar-refractivity contribution in [3.8, 4) is 0 Å². The lowest BCUT2D eigenvalue weighted by atomic mass is 9.99. The number of benzene rings is 1. The second-order valence-corrected chi connectivity index (χ2v) is 9.58. The van der Waals surface area contributed by atoms with Gasteiger partial charge in [-0.1, -0.05) is 29.8 Å². The van der Waals surface area contributed by atoms with Crippen LogP contribution >= 0.6 is 38.9 Å². The van der Waals surface area contributed by atoms with Crippen molar-refractivity contribution in [2.75, 3.05) is 10.8 Å². The topological polar surface area (TPSA) is 63.4 Å². The van der Waals surface area contributed by atoms with E-state index in [1.54, 1.807) is 6.07 Å². The van der Waals surface area contributed by atoms with Gasteiger partial charge in [-0.25, -0.2) is 8.42 Å². The Morgan fingerprint density at radius 1 is 1.38 bits per heavy atom. The van der Waals surface area contributed by atoms with Gasteiger partial charge < -0.3 is 5.73 Å². The van der Waals surface area contributed by atoms with Crippen LogP contribution in [0.25, 0.3) is 0 Å². The van der Waals surface area contributed by atoms with E-state index in [0.29, 0.717) is 27.5 Å². The van der Waals surface area contributed by atoms with E-state index in [1.165, 1.54) is 10.4 Å². The minimum absolute atomic E-state index is 0.133. The first kappa shape index (κ1) is 15.3. The predicted octanol–water partition coefficient (Wildman–Crippen LogP) is 3.76. The molecule has 2 N–H and O–H groups in total. The van der Waals surface area contributed by atoms with Crippen molar-refractivity contribution in [3.63, 3.8) is 0 Å². The Balaban J connectivity index is 2.10. The molecule has 21 heavy (non-hydrogen) atoms. The van der Waals surface area contributed by atoms with Crippen molar-refractivity contribution in [2.24, 2.45) is 5.73 Å². The van der Waals surface area contributed by atoms with Gasteiger partial charge in [0, 0.05) is 12.6 Å². The highest BCUT2D eigenvalue weighted by Crippen LogP contribution is 2.40. The Hall–Kier alpha value is -0.600. The second kappa shape index (κ2) is 5.55. The Morgan fingerprint density at radius 3 is 2.76 bits per heavy atom. The minimum Gasteiger partial charge on any atom is -0.324 e. The van der Waals surface area contributed by atoms with Crippen LogP contribution in [-0.4, -0.2) is 15.0 Å². The third-order valence-electron chi connectivity index (χ3n) is 3.42. The van der Waals surface area contributed by atoms with Gasteiger partial charge in [0.1, 0.15) is 4.21 Å². The summed E-state index contributed by atoms with van der Waals surface area (Å²) in [5.41, 5.74) is 7.58. The number of para-hydroxylation sites is 1. The van der Waals surface area contributed by atoms with Gasteiger partial charge in [0.15, 0.2) is 0 Å². The molecular formula is C13H12BrClN2O2S2. The number of rotatable bonds is 2. The summed E-state index contributed by atoms with van der Waals surface area (Å²) in [5, 5.41) is 0.403. The summed E-state index contributed by atoms with van der Waals surface area (Å²) in [6, 6.07) is 8.69. The van der Waals surface area contributed by atoms with Gasteiger partial charge in [0.05, 0.1) is 14.5 Å². The average Bonchev–Trinajstić information content (AvgIpc) is 2.80. The van der Waals surface area contributed by atoms with Gasteiger partial charge in [-0.15, -0.1) is 11.3 Å². The highest BCUT2D eigenvalue weighted by molar-refractivity contribution is 9.11. The first-order chi connectivity index (χ1) is 9.91. The van der Waals surface area contributed by atoms with E-state index < -0.39 is 10.0 Å². The monoisotopic (exact) mass is 406 g/mol. The Bertz CT molecular complexity index is 772. The van der Waals surface area contributed by atoms with Gasteiger partial charge in [0.25, 0.3) is 10.0 Å². The minimum atomic E-state index is -3.62. The molecule has 112 valence electrons. The predicted molar refractivity (Wildman–Crippen MR) is 89.5 cm³/mol. The zero-order valence-corrected chi connectivity index (χ0v) is 14.8. The first-order valence-electron chi connectivity index (χ1n) is 6.23. The van der Waals surface area contributed by atoms with E-state index >= 15 is 0 Å². The molecule has 0 spiro atoms. The van der Waals surface area contributed by atoms with E-state index in [0.717, 1.165) is 16.9 Å². The summed E-state index contributed by atoms with van der Waals surface area (Å²) in [4.78, 5) is 0. The molecule has 1 aliphatic heterocycles. The van der Waals surface area contributed by atoms with Crippen molar-refractivity contribution < 1.29 is 8.42 Å². The maximum atomic E-state index is 12.8. The molecule has 1 unspecified atom stereocenters. The molecule has 0 saturated carbocycles. The van der Waals surface area contributed by atoms with E-state index in [4.69, 9.17) is 17.3 Å². The lowest BCUT2D eigenvalue weighted by molar-refractivity contribution is 0.576. The van der Waals surface area contributed by atoms with Crippen molar-refractivity contribution in [2.45, 2.75) is 16.7 Å². The normalized spacial score (nSPS) is 18.6. The molecule has 1 aromatic heterocycles. The van der Waals surface area contributed by atoms with Gasteiger partial charge in [-0.3, -0.25) is 4.31 Å². The number of anilines is 1. The maximum absolute atomic E-state index is 12.8. The molecule has 0 bridgehead atoms. The molecule has 3 rings (SSSR count). The summed E-state index contributed by atoms with van der Waals surface area (Å²) in [5.74, 6) is 0. The van der Waals surface area contributed by atoms with Crippen LogP contribution in [0.15, 0.2) is 38.3 Å². The quantitative estimate of drug-likeness (QED) is 0.824. The van der Waals surface area contributed by atoms with Crippen molar-refractivity contribution in [3.05, 3.63) is 44.7 Å². The van der Waals surface area contributed by atoms with Gasteiger partial charge >= 0.3 is 0 Å². The molecule has 1 atom stereocenters. The van der Waals surface area contributed by atoms with Crippen LogP contribution in [0.2, 0.25) is 5.02 Å². The van der Waals surface area contributed by atoms with Crippen LogP contribution in [-0.2, 0) is 10.0 Å². The summed E-state index contributed by atoms with van der Waals surface area (Å²) < 4.78 is 27.9. The molecule has 0 fully saturated rings. The molecule has 1 aliphatic rings. The molecule has 0 aliphatic carbocycles. The molecular weight excluding hydrogens is 396 g/mol. The van der Waals surface area contributed by atoms with E-state index in [2.05, 4.69) is 15.9 Å². The molecule has 0 saturated heterocycles. The number of hydrogen-bond donors (Lipinski definition) is 1. The van der Waals surface area contributed by atoms with Crippen molar-refractivity contribution in [1.82, 2.24) is 0 Å². The molecule has 2 heterocycles.